The molecule has 0 aliphatic rings. The molecule has 0 aliphatic heterocycles. The van der Waals surface area contributed by atoms with Gasteiger partial charge in [0.2, 0.25) is 0 Å². The third kappa shape index (κ3) is 4.83. The van der Waals surface area contributed by atoms with Gasteiger partial charge in [-0.2, -0.15) is 5.10 Å². The molecule has 0 radical (unpaired) electrons. The van der Waals surface area contributed by atoms with E-state index in [1.165, 1.54) is 12.4 Å². The van der Waals surface area contributed by atoms with Gasteiger partial charge >= 0.3 is 0 Å². The fourth-order valence-electron chi connectivity index (χ4n) is 1.42. The Morgan fingerprint density at radius 3 is 2.81 bits per heavy atom. The average molecular weight is 283 g/mol. The van der Waals surface area contributed by atoms with Crippen LogP contribution < -0.4 is 10.7 Å². The maximum Gasteiger partial charge on any atom is 0.259 e. The highest BCUT2D eigenvalue weighted by molar-refractivity contribution is 5.96. The first kappa shape index (κ1) is 14.3. The van der Waals surface area contributed by atoms with E-state index in [0.717, 1.165) is 0 Å². The zero-order chi connectivity index (χ0) is 14.9. The molecule has 0 aromatic carbocycles. The highest BCUT2D eigenvalue weighted by Crippen LogP contribution is 1.94. The highest BCUT2D eigenvalue weighted by Gasteiger charge is 2.06. The van der Waals surface area contributed by atoms with E-state index in [1.807, 2.05) is 6.07 Å². The molecule has 0 saturated carbocycles. The van der Waals surface area contributed by atoms with Crippen molar-refractivity contribution in [3.8, 4) is 0 Å². The van der Waals surface area contributed by atoms with Gasteiger partial charge in [0.05, 0.1) is 24.0 Å². The molecule has 0 aliphatic carbocycles. The van der Waals surface area contributed by atoms with Crippen LogP contribution in [0.4, 0.5) is 0 Å². The number of hydrogen-bond acceptors (Lipinski definition) is 5. The van der Waals surface area contributed by atoms with Crippen molar-refractivity contribution in [2.24, 2.45) is 5.10 Å². The number of nitrogens with zero attached hydrogens (tertiary/aromatic N) is 3. The van der Waals surface area contributed by atoms with Crippen LogP contribution >= 0.6 is 0 Å². The van der Waals surface area contributed by atoms with Crippen LogP contribution in [0.2, 0.25) is 0 Å². The van der Waals surface area contributed by atoms with Crippen molar-refractivity contribution in [2.75, 3.05) is 6.54 Å². The average Bonchev–Trinajstić information content (AvgIpc) is 2.54. The van der Waals surface area contributed by atoms with E-state index < -0.39 is 5.91 Å². The minimum Gasteiger partial charge on any atom is -0.343 e. The van der Waals surface area contributed by atoms with Gasteiger partial charge < -0.3 is 5.32 Å². The molecule has 0 atom stereocenters. The fourth-order valence-corrected chi connectivity index (χ4v) is 1.42. The maximum absolute atomic E-state index is 11.7. The summed E-state index contributed by atoms with van der Waals surface area (Å²) in [5.74, 6) is -0.800. The van der Waals surface area contributed by atoms with Crippen molar-refractivity contribution in [3.63, 3.8) is 0 Å². The molecule has 2 amide bonds. The van der Waals surface area contributed by atoms with E-state index >= 15 is 0 Å². The monoisotopic (exact) mass is 283 g/mol. The number of pyridine rings is 2. The van der Waals surface area contributed by atoms with E-state index in [0.29, 0.717) is 11.3 Å². The molecule has 0 bridgehead atoms. The van der Waals surface area contributed by atoms with Crippen LogP contribution in [0.3, 0.4) is 0 Å². The lowest BCUT2D eigenvalue weighted by molar-refractivity contribution is -0.120. The summed E-state index contributed by atoms with van der Waals surface area (Å²) >= 11 is 0. The number of hydrazone groups is 1. The molecule has 0 unspecified atom stereocenters. The summed E-state index contributed by atoms with van der Waals surface area (Å²) in [6.07, 6.45) is 6.03. The molecular weight excluding hydrogens is 270 g/mol. The Kier molecular flexibility index (Phi) is 5.11. The molecule has 0 fully saturated rings. The van der Waals surface area contributed by atoms with Gasteiger partial charge in [0.15, 0.2) is 0 Å². The standard InChI is InChI=1S/C14H13N5O2/c20-13(19-18-9-12-5-1-2-7-16-12)10-17-14(21)11-4-3-6-15-8-11/h1-9H,10H2,(H,17,21)(H,19,20)/b18-9+. The SMILES string of the molecule is O=C(CNC(=O)c1cccnc1)N/N=C/c1ccccn1. The zero-order valence-electron chi connectivity index (χ0n) is 11.1. The summed E-state index contributed by atoms with van der Waals surface area (Å²) in [7, 11) is 0. The molecule has 2 aromatic rings. The smallest absolute Gasteiger partial charge is 0.259 e. The van der Waals surface area contributed by atoms with Gasteiger partial charge in [-0.3, -0.25) is 19.6 Å². The van der Waals surface area contributed by atoms with Crippen molar-refractivity contribution >= 4 is 18.0 Å². The molecular formula is C14H13N5O2. The topological polar surface area (TPSA) is 96.3 Å². The second-order valence-electron chi connectivity index (χ2n) is 3.97. The van der Waals surface area contributed by atoms with Crippen molar-refractivity contribution in [1.29, 1.82) is 0 Å². The van der Waals surface area contributed by atoms with Crippen molar-refractivity contribution in [1.82, 2.24) is 20.7 Å². The summed E-state index contributed by atoms with van der Waals surface area (Å²) < 4.78 is 0. The molecule has 2 heterocycles. The quantitative estimate of drug-likeness (QED) is 0.611. The summed E-state index contributed by atoms with van der Waals surface area (Å²) in [5, 5.41) is 6.21. The number of hydrogen-bond donors (Lipinski definition) is 2. The van der Waals surface area contributed by atoms with Gasteiger partial charge in [-0.15, -0.1) is 0 Å². The second kappa shape index (κ2) is 7.49. The molecule has 2 rings (SSSR count). The van der Waals surface area contributed by atoms with Gasteiger partial charge in [-0.05, 0) is 24.3 Å². The van der Waals surface area contributed by atoms with Gasteiger partial charge in [0.25, 0.3) is 11.8 Å². The van der Waals surface area contributed by atoms with Crippen LogP contribution in [0.15, 0.2) is 54.0 Å². The molecule has 2 aromatic heterocycles. The molecule has 0 saturated heterocycles. The van der Waals surface area contributed by atoms with Crippen LogP contribution in [0.25, 0.3) is 0 Å². The van der Waals surface area contributed by atoms with Gasteiger partial charge in [0.1, 0.15) is 0 Å². The first-order valence-electron chi connectivity index (χ1n) is 6.17. The highest BCUT2D eigenvalue weighted by atomic mass is 16.2. The first-order valence-corrected chi connectivity index (χ1v) is 6.17. The Labute approximate surface area is 121 Å². The lowest BCUT2D eigenvalue weighted by Crippen LogP contribution is -2.34. The van der Waals surface area contributed by atoms with Crippen LogP contribution in [-0.4, -0.2) is 34.5 Å². The van der Waals surface area contributed by atoms with Crippen LogP contribution in [0.1, 0.15) is 16.1 Å². The Morgan fingerprint density at radius 2 is 2.10 bits per heavy atom. The minimum absolute atomic E-state index is 0.173. The van der Waals surface area contributed by atoms with Crippen molar-refractivity contribution in [2.45, 2.75) is 0 Å². The normalized spacial score (nSPS) is 10.3. The molecule has 7 heteroatoms. The minimum atomic E-state index is -0.431. The number of rotatable bonds is 5. The van der Waals surface area contributed by atoms with Crippen LogP contribution in [-0.2, 0) is 4.79 Å². The van der Waals surface area contributed by atoms with E-state index in [-0.39, 0.29) is 12.5 Å². The Hall–Kier alpha value is -3.09. The summed E-state index contributed by atoms with van der Waals surface area (Å²) in [6.45, 7) is -0.173. The molecule has 7 nitrogen and oxygen atoms in total. The van der Waals surface area contributed by atoms with Gasteiger partial charge in [-0.1, -0.05) is 6.07 Å². The molecule has 2 N–H and O–H groups in total. The summed E-state index contributed by atoms with van der Waals surface area (Å²) in [4.78, 5) is 31.0. The van der Waals surface area contributed by atoms with E-state index in [9.17, 15) is 9.59 Å². The molecule has 21 heavy (non-hydrogen) atoms. The summed E-state index contributed by atoms with van der Waals surface area (Å²) in [6, 6.07) is 8.60. The van der Waals surface area contributed by atoms with Gasteiger partial charge in [-0.25, -0.2) is 5.43 Å². The lowest BCUT2D eigenvalue weighted by atomic mass is 10.3. The predicted molar refractivity (Wildman–Crippen MR) is 76.5 cm³/mol. The Bertz CT molecular complexity index is 628. The fraction of sp³-hybridized carbons (Fsp3) is 0.0714. The number of aromatic nitrogens is 2. The predicted octanol–water partition coefficient (Wildman–Crippen LogP) is 0.357. The van der Waals surface area contributed by atoms with E-state index in [1.54, 1.807) is 36.7 Å². The van der Waals surface area contributed by atoms with Crippen LogP contribution in [0.5, 0.6) is 0 Å². The summed E-state index contributed by atoms with van der Waals surface area (Å²) in [5.41, 5.74) is 3.31. The molecule has 106 valence electrons. The largest absolute Gasteiger partial charge is 0.343 e. The number of amides is 2. The van der Waals surface area contributed by atoms with Crippen LogP contribution in [0, 0.1) is 0 Å². The number of nitrogens with one attached hydrogen (secondary N) is 2. The van der Waals surface area contributed by atoms with Crippen molar-refractivity contribution in [3.05, 3.63) is 60.2 Å². The third-order valence-electron chi connectivity index (χ3n) is 2.41. The number of carbonyl (C=O) groups is 2. The number of carbonyl (C=O) groups excluding carboxylic acids is 2. The Morgan fingerprint density at radius 1 is 1.19 bits per heavy atom. The third-order valence-corrected chi connectivity index (χ3v) is 2.41. The maximum atomic E-state index is 11.7. The molecule has 0 spiro atoms. The zero-order valence-corrected chi connectivity index (χ0v) is 11.1. The first-order chi connectivity index (χ1) is 10.3. The van der Waals surface area contributed by atoms with Gasteiger partial charge in [0, 0.05) is 18.6 Å². The second-order valence-corrected chi connectivity index (χ2v) is 3.97. The lowest BCUT2D eigenvalue weighted by Gasteiger charge is -2.03. The Balaban J connectivity index is 1.75. The van der Waals surface area contributed by atoms with E-state index in [2.05, 4.69) is 25.8 Å². The van der Waals surface area contributed by atoms with E-state index in [4.69, 9.17) is 0 Å². The van der Waals surface area contributed by atoms with Crippen molar-refractivity contribution < 1.29 is 9.59 Å².